The Morgan fingerprint density at radius 1 is 1.31 bits per heavy atom. The van der Waals surface area contributed by atoms with Crippen molar-refractivity contribution in [3.63, 3.8) is 0 Å². The van der Waals surface area contributed by atoms with Crippen molar-refractivity contribution in [1.82, 2.24) is 0 Å². The molecule has 0 radical (unpaired) electrons. The van der Waals surface area contributed by atoms with Crippen molar-refractivity contribution in [2.24, 2.45) is 5.73 Å². The van der Waals surface area contributed by atoms with Crippen LogP contribution < -0.4 is 15.4 Å². The van der Waals surface area contributed by atoms with E-state index in [2.05, 4.69) is 23.1 Å². The zero-order valence-electron chi connectivity index (χ0n) is 9.48. The number of nitrogens with zero attached hydrogens (tertiary/aromatic N) is 1. The normalized spacial score (nSPS) is 21.9. The zero-order valence-corrected chi connectivity index (χ0v) is 9.48. The largest absolute Gasteiger partial charge is 0.491 e. The van der Waals surface area contributed by atoms with E-state index in [1.54, 1.807) is 0 Å². The SMILES string of the molecule is NCC1(N2CCCOc3ccccc32)CC1. The van der Waals surface area contributed by atoms with Crippen molar-refractivity contribution in [2.75, 3.05) is 24.6 Å². The molecule has 1 aliphatic carbocycles. The number of anilines is 1. The monoisotopic (exact) mass is 218 g/mol. The Morgan fingerprint density at radius 2 is 2.12 bits per heavy atom. The minimum absolute atomic E-state index is 0.226. The third-order valence-corrected chi connectivity index (χ3v) is 3.72. The molecule has 2 aliphatic rings. The molecule has 1 fully saturated rings. The summed E-state index contributed by atoms with van der Waals surface area (Å²) in [5, 5.41) is 0. The fraction of sp³-hybridized carbons (Fsp3) is 0.538. The molecule has 1 aromatic rings. The molecule has 16 heavy (non-hydrogen) atoms. The van der Waals surface area contributed by atoms with Gasteiger partial charge in [0.15, 0.2) is 0 Å². The van der Waals surface area contributed by atoms with Crippen LogP contribution in [-0.4, -0.2) is 25.2 Å². The van der Waals surface area contributed by atoms with Gasteiger partial charge in [0.1, 0.15) is 5.75 Å². The van der Waals surface area contributed by atoms with Gasteiger partial charge in [0.2, 0.25) is 0 Å². The maximum Gasteiger partial charge on any atom is 0.142 e. The average Bonchev–Trinajstić information content (AvgIpc) is 3.12. The van der Waals surface area contributed by atoms with Gasteiger partial charge in [-0.2, -0.15) is 0 Å². The van der Waals surface area contributed by atoms with Crippen molar-refractivity contribution in [1.29, 1.82) is 0 Å². The summed E-state index contributed by atoms with van der Waals surface area (Å²) in [6.07, 6.45) is 3.52. The van der Waals surface area contributed by atoms with Gasteiger partial charge < -0.3 is 15.4 Å². The van der Waals surface area contributed by atoms with E-state index in [4.69, 9.17) is 10.5 Å². The van der Waals surface area contributed by atoms with Crippen LogP contribution in [0.15, 0.2) is 24.3 Å². The molecule has 1 heterocycles. The van der Waals surface area contributed by atoms with E-state index in [0.717, 1.165) is 31.9 Å². The number of ether oxygens (including phenoxy) is 1. The second-order valence-corrected chi connectivity index (χ2v) is 4.75. The van der Waals surface area contributed by atoms with Gasteiger partial charge in [-0.15, -0.1) is 0 Å². The first-order valence-electron chi connectivity index (χ1n) is 6.05. The summed E-state index contributed by atoms with van der Waals surface area (Å²) in [4.78, 5) is 2.47. The third kappa shape index (κ3) is 1.47. The molecular formula is C13H18N2O. The van der Waals surface area contributed by atoms with Crippen LogP contribution in [0.2, 0.25) is 0 Å². The van der Waals surface area contributed by atoms with Gasteiger partial charge in [0, 0.05) is 13.1 Å². The van der Waals surface area contributed by atoms with Gasteiger partial charge in [0.05, 0.1) is 17.8 Å². The van der Waals surface area contributed by atoms with Crippen LogP contribution >= 0.6 is 0 Å². The van der Waals surface area contributed by atoms with Crippen LogP contribution in [0.1, 0.15) is 19.3 Å². The van der Waals surface area contributed by atoms with E-state index < -0.39 is 0 Å². The molecule has 3 nitrogen and oxygen atoms in total. The lowest BCUT2D eigenvalue weighted by Crippen LogP contribution is -2.43. The van der Waals surface area contributed by atoms with Crippen LogP contribution in [0.25, 0.3) is 0 Å². The predicted octanol–water partition coefficient (Wildman–Crippen LogP) is 1.77. The van der Waals surface area contributed by atoms with Crippen LogP contribution in [0.3, 0.4) is 0 Å². The van der Waals surface area contributed by atoms with Crippen LogP contribution in [0, 0.1) is 0 Å². The fourth-order valence-corrected chi connectivity index (χ4v) is 2.55. The van der Waals surface area contributed by atoms with E-state index in [1.807, 2.05) is 6.07 Å². The first-order valence-corrected chi connectivity index (χ1v) is 6.05. The van der Waals surface area contributed by atoms with Crippen molar-refractivity contribution in [2.45, 2.75) is 24.8 Å². The summed E-state index contributed by atoms with van der Waals surface area (Å²) in [6, 6.07) is 8.31. The standard InChI is InChI=1S/C13H18N2O/c14-10-13(6-7-13)15-8-3-9-16-12-5-2-1-4-11(12)15/h1-2,4-5H,3,6-10,14H2. The smallest absolute Gasteiger partial charge is 0.142 e. The number of hydrogen-bond donors (Lipinski definition) is 1. The molecule has 3 rings (SSSR count). The van der Waals surface area contributed by atoms with Crippen LogP contribution in [-0.2, 0) is 0 Å². The van der Waals surface area contributed by atoms with Gasteiger partial charge >= 0.3 is 0 Å². The molecule has 0 atom stereocenters. The summed E-state index contributed by atoms with van der Waals surface area (Å²) in [6.45, 7) is 2.63. The minimum atomic E-state index is 0.226. The number of benzene rings is 1. The van der Waals surface area contributed by atoms with Crippen molar-refractivity contribution >= 4 is 5.69 Å². The Balaban J connectivity index is 2.00. The van der Waals surface area contributed by atoms with Crippen LogP contribution in [0.5, 0.6) is 5.75 Å². The Bertz CT molecular complexity index is 387. The lowest BCUT2D eigenvalue weighted by Gasteiger charge is -2.32. The fourth-order valence-electron chi connectivity index (χ4n) is 2.55. The molecule has 2 N–H and O–H groups in total. The van der Waals surface area contributed by atoms with E-state index in [-0.39, 0.29) is 5.54 Å². The maximum atomic E-state index is 5.93. The highest BCUT2D eigenvalue weighted by atomic mass is 16.5. The predicted molar refractivity (Wildman–Crippen MR) is 64.9 cm³/mol. The second-order valence-electron chi connectivity index (χ2n) is 4.75. The summed E-state index contributed by atoms with van der Waals surface area (Å²) >= 11 is 0. The van der Waals surface area contributed by atoms with E-state index >= 15 is 0 Å². The van der Waals surface area contributed by atoms with E-state index in [1.165, 1.54) is 18.5 Å². The molecule has 86 valence electrons. The summed E-state index contributed by atoms with van der Waals surface area (Å²) in [7, 11) is 0. The molecule has 3 heteroatoms. The molecule has 0 bridgehead atoms. The van der Waals surface area contributed by atoms with Gasteiger partial charge in [-0.25, -0.2) is 0 Å². The molecular weight excluding hydrogens is 200 g/mol. The quantitative estimate of drug-likeness (QED) is 0.822. The first-order chi connectivity index (χ1) is 7.86. The number of para-hydroxylation sites is 2. The highest BCUT2D eigenvalue weighted by Crippen LogP contribution is 2.46. The summed E-state index contributed by atoms with van der Waals surface area (Å²) < 4.78 is 5.76. The highest BCUT2D eigenvalue weighted by molar-refractivity contribution is 5.62. The molecule has 0 unspecified atom stereocenters. The summed E-state index contributed by atoms with van der Waals surface area (Å²) in [5.74, 6) is 1.01. The number of nitrogens with two attached hydrogens (primary N) is 1. The Kier molecular flexibility index (Phi) is 2.28. The second kappa shape index (κ2) is 3.67. The maximum absolute atomic E-state index is 5.93. The van der Waals surface area contributed by atoms with Crippen LogP contribution in [0.4, 0.5) is 5.69 Å². The molecule has 0 aromatic heterocycles. The number of rotatable bonds is 2. The number of fused-ring (bicyclic) bond motifs is 1. The average molecular weight is 218 g/mol. The molecule has 1 aliphatic heterocycles. The molecule has 0 saturated heterocycles. The van der Waals surface area contributed by atoms with Crippen molar-refractivity contribution in [3.8, 4) is 5.75 Å². The van der Waals surface area contributed by atoms with Gasteiger partial charge in [-0.3, -0.25) is 0 Å². The minimum Gasteiger partial charge on any atom is -0.491 e. The first kappa shape index (κ1) is 9.97. The summed E-state index contributed by atoms with van der Waals surface area (Å²) in [5.41, 5.74) is 7.38. The third-order valence-electron chi connectivity index (χ3n) is 3.72. The molecule has 0 amide bonds. The van der Waals surface area contributed by atoms with Gasteiger partial charge in [0.25, 0.3) is 0 Å². The topological polar surface area (TPSA) is 38.5 Å². The lowest BCUT2D eigenvalue weighted by atomic mass is 10.1. The van der Waals surface area contributed by atoms with E-state index in [9.17, 15) is 0 Å². The van der Waals surface area contributed by atoms with Gasteiger partial charge in [-0.1, -0.05) is 12.1 Å². The highest BCUT2D eigenvalue weighted by Gasteiger charge is 2.47. The van der Waals surface area contributed by atoms with Crippen molar-refractivity contribution in [3.05, 3.63) is 24.3 Å². The molecule has 1 saturated carbocycles. The molecule has 1 aromatic carbocycles. The Morgan fingerprint density at radius 3 is 2.88 bits per heavy atom. The van der Waals surface area contributed by atoms with E-state index in [0.29, 0.717) is 0 Å². The Hall–Kier alpha value is -1.22. The zero-order chi connectivity index (χ0) is 11.0. The Labute approximate surface area is 96.2 Å². The molecule has 0 spiro atoms. The number of hydrogen-bond acceptors (Lipinski definition) is 3. The van der Waals surface area contributed by atoms with Gasteiger partial charge in [-0.05, 0) is 31.4 Å². The van der Waals surface area contributed by atoms with Crippen molar-refractivity contribution < 1.29 is 4.74 Å². The lowest BCUT2D eigenvalue weighted by molar-refractivity contribution is 0.322.